The average Bonchev–Trinajstić information content (AvgIpc) is 2.97. The van der Waals surface area contributed by atoms with Crippen molar-refractivity contribution in [3.05, 3.63) is 0 Å². The lowest BCUT2D eigenvalue weighted by Crippen LogP contribution is -2.61. The number of ketones is 1. The third kappa shape index (κ3) is 17.8. The molecule has 1 aliphatic rings. The molecule has 0 amide bonds. The SMILES string of the molecule is CCCCCCCCCCCC(=O)CC(=O)O[C@H]1C(O)O[C@H](CO[Si](C)(C)C(C)(C)C)[C@@H](O)[C@@H]1OCCCCCCCCCC. The number of esters is 1. The van der Waals surface area contributed by atoms with Crippen molar-refractivity contribution >= 4 is 20.1 Å². The lowest BCUT2D eigenvalue weighted by atomic mass is 9.98. The molecular weight excluding hydrogens is 588 g/mol. The number of carbonyl (C=O) groups is 2. The number of carbonyl (C=O) groups excluding carboxylic acids is 2. The van der Waals surface area contributed by atoms with Crippen LogP contribution in [-0.2, 0) is 28.2 Å². The molecule has 1 heterocycles. The molecule has 1 rings (SSSR count). The van der Waals surface area contributed by atoms with Crippen molar-refractivity contribution in [2.75, 3.05) is 13.2 Å². The van der Waals surface area contributed by atoms with Gasteiger partial charge in [-0.25, -0.2) is 0 Å². The van der Waals surface area contributed by atoms with E-state index in [0.717, 1.165) is 38.5 Å². The molecule has 45 heavy (non-hydrogen) atoms. The number of hydrogen-bond donors (Lipinski definition) is 2. The first-order valence-electron chi connectivity index (χ1n) is 18.3. The van der Waals surface area contributed by atoms with Gasteiger partial charge in [-0.3, -0.25) is 9.59 Å². The van der Waals surface area contributed by atoms with Crippen molar-refractivity contribution in [1.29, 1.82) is 0 Å². The molecule has 1 saturated heterocycles. The van der Waals surface area contributed by atoms with Crippen molar-refractivity contribution in [2.24, 2.45) is 0 Å². The van der Waals surface area contributed by atoms with Crippen LogP contribution in [0, 0.1) is 0 Å². The van der Waals surface area contributed by atoms with Crippen LogP contribution in [0.25, 0.3) is 0 Å². The van der Waals surface area contributed by atoms with Gasteiger partial charge in [0.25, 0.3) is 0 Å². The minimum absolute atomic E-state index is 0.0312. The fraction of sp³-hybridized carbons (Fsp3) is 0.944. The molecule has 2 N–H and O–H groups in total. The van der Waals surface area contributed by atoms with Crippen molar-refractivity contribution < 1.29 is 38.4 Å². The Morgan fingerprint density at radius 3 is 1.73 bits per heavy atom. The number of ether oxygens (including phenoxy) is 3. The predicted octanol–water partition coefficient (Wildman–Crippen LogP) is 8.40. The van der Waals surface area contributed by atoms with Crippen LogP contribution in [0.1, 0.15) is 157 Å². The van der Waals surface area contributed by atoms with Crippen molar-refractivity contribution in [3.8, 4) is 0 Å². The smallest absolute Gasteiger partial charge is 0.313 e. The molecule has 0 saturated carbocycles. The van der Waals surface area contributed by atoms with Gasteiger partial charge in [0.1, 0.15) is 30.5 Å². The quantitative estimate of drug-likeness (QED) is 0.0413. The molecule has 266 valence electrons. The van der Waals surface area contributed by atoms with Crippen molar-refractivity contribution in [3.63, 3.8) is 0 Å². The zero-order chi connectivity index (χ0) is 33.7. The van der Waals surface area contributed by atoms with E-state index in [1.807, 2.05) is 0 Å². The predicted molar refractivity (Wildman–Crippen MR) is 184 cm³/mol. The Hall–Kier alpha value is -0.843. The van der Waals surface area contributed by atoms with Crippen LogP contribution >= 0.6 is 0 Å². The van der Waals surface area contributed by atoms with Crippen LogP contribution in [0.5, 0.6) is 0 Å². The standard InChI is InChI=1S/C36H70O8Si/c1-8-10-12-14-16-18-19-21-23-25-29(37)27-31(38)44-34-33(41-26-24-22-20-17-15-13-11-9-2)32(39)30(43-35(34)40)28-42-45(6,7)36(3,4)5/h30,32-35,39-40H,8-28H2,1-7H3/t30-,32-,33+,34-,35?/m1/s1. The molecule has 8 nitrogen and oxygen atoms in total. The summed E-state index contributed by atoms with van der Waals surface area (Å²) in [6.07, 6.45) is 13.8. The second-order valence-electron chi connectivity index (χ2n) is 14.7. The molecule has 0 aromatic heterocycles. The largest absolute Gasteiger partial charge is 0.454 e. The summed E-state index contributed by atoms with van der Waals surface area (Å²) in [6, 6.07) is 0. The molecule has 0 spiro atoms. The molecule has 0 bridgehead atoms. The van der Waals surface area contributed by atoms with E-state index in [9.17, 15) is 19.8 Å². The molecule has 0 aromatic carbocycles. The van der Waals surface area contributed by atoms with Gasteiger partial charge in [0, 0.05) is 13.0 Å². The number of Topliss-reactive ketones (excluding diaryl/α,β-unsaturated/α-hetero) is 1. The number of aliphatic hydroxyl groups is 2. The monoisotopic (exact) mass is 658 g/mol. The fourth-order valence-electron chi connectivity index (χ4n) is 5.40. The summed E-state index contributed by atoms with van der Waals surface area (Å²) in [5, 5.41) is 22.2. The number of rotatable bonds is 26. The highest BCUT2D eigenvalue weighted by Gasteiger charge is 2.49. The van der Waals surface area contributed by atoms with Crippen LogP contribution in [0.4, 0.5) is 0 Å². The van der Waals surface area contributed by atoms with Gasteiger partial charge in [-0.05, 0) is 31.0 Å². The van der Waals surface area contributed by atoms with Gasteiger partial charge < -0.3 is 28.8 Å². The van der Waals surface area contributed by atoms with Crippen LogP contribution in [0.15, 0.2) is 0 Å². The molecule has 0 aliphatic carbocycles. The summed E-state index contributed by atoms with van der Waals surface area (Å²) in [5.41, 5.74) is 0. The highest BCUT2D eigenvalue weighted by atomic mass is 28.4. The van der Waals surface area contributed by atoms with E-state index < -0.39 is 45.0 Å². The molecule has 1 unspecified atom stereocenters. The Morgan fingerprint density at radius 2 is 1.22 bits per heavy atom. The maximum Gasteiger partial charge on any atom is 0.313 e. The fourth-order valence-corrected chi connectivity index (χ4v) is 6.41. The molecule has 0 radical (unpaired) electrons. The number of hydrogen-bond acceptors (Lipinski definition) is 8. The number of unbranched alkanes of at least 4 members (excludes halogenated alkanes) is 15. The summed E-state index contributed by atoms with van der Waals surface area (Å²) in [5.74, 6) is -0.904. The first kappa shape index (κ1) is 42.2. The first-order chi connectivity index (χ1) is 21.3. The normalized spacial score (nSPS) is 22.5. The third-order valence-electron chi connectivity index (χ3n) is 9.53. The van der Waals surface area contributed by atoms with Crippen molar-refractivity contribution in [2.45, 2.75) is 205 Å². The van der Waals surface area contributed by atoms with Crippen LogP contribution in [0.2, 0.25) is 18.1 Å². The van der Waals surface area contributed by atoms with E-state index in [2.05, 4.69) is 47.7 Å². The van der Waals surface area contributed by atoms with Gasteiger partial charge in [0.15, 0.2) is 20.7 Å². The second-order valence-corrected chi connectivity index (χ2v) is 19.5. The molecule has 5 atom stereocenters. The van der Waals surface area contributed by atoms with Gasteiger partial charge >= 0.3 is 5.97 Å². The Labute approximate surface area is 276 Å². The van der Waals surface area contributed by atoms with Crippen LogP contribution < -0.4 is 0 Å². The van der Waals surface area contributed by atoms with Crippen molar-refractivity contribution in [1.82, 2.24) is 0 Å². The van der Waals surface area contributed by atoms with E-state index in [0.29, 0.717) is 13.0 Å². The average molecular weight is 659 g/mol. The van der Waals surface area contributed by atoms with Gasteiger partial charge in [-0.2, -0.15) is 0 Å². The number of aliphatic hydroxyl groups excluding tert-OH is 2. The van der Waals surface area contributed by atoms with E-state index in [-0.39, 0.29) is 23.8 Å². The Bertz CT molecular complexity index is 784. The first-order valence-corrected chi connectivity index (χ1v) is 21.2. The molecule has 1 fully saturated rings. The van der Waals surface area contributed by atoms with Gasteiger partial charge in [-0.1, -0.05) is 131 Å². The molecule has 9 heteroatoms. The lowest BCUT2D eigenvalue weighted by molar-refractivity contribution is -0.297. The zero-order valence-electron chi connectivity index (χ0n) is 30.1. The van der Waals surface area contributed by atoms with Crippen LogP contribution in [-0.4, -0.2) is 74.2 Å². The highest BCUT2D eigenvalue weighted by molar-refractivity contribution is 6.74. The van der Waals surface area contributed by atoms with E-state index in [4.69, 9.17) is 18.6 Å². The van der Waals surface area contributed by atoms with Gasteiger partial charge in [0.05, 0.1) is 6.61 Å². The maximum absolute atomic E-state index is 12.8. The summed E-state index contributed by atoms with van der Waals surface area (Å²) < 4.78 is 23.7. The minimum Gasteiger partial charge on any atom is -0.454 e. The summed E-state index contributed by atoms with van der Waals surface area (Å²) in [4.78, 5) is 25.3. The third-order valence-corrected chi connectivity index (χ3v) is 14.0. The molecular formula is C36H70O8Si. The van der Waals surface area contributed by atoms with E-state index >= 15 is 0 Å². The summed E-state index contributed by atoms with van der Waals surface area (Å²) >= 11 is 0. The van der Waals surface area contributed by atoms with Gasteiger partial charge in [-0.15, -0.1) is 0 Å². The minimum atomic E-state index is -2.14. The Morgan fingerprint density at radius 1 is 0.733 bits per heavy atom. The summed E-state index contributed by atoms with van der Waals surface area (Å²) in [6.45, 7) is 15.5. The molecule has 0 aromatic rings. The summed E-state index contributed by atoms with van der Waals surface area (Å²) in [7, 11) is -2.14. The Balaban J connectivity index is 2.65. The second kappa shape index (κ2) is 23.5. The van der Waals surface area contributed by atoms with Gasteiger partial charge in [0.2, 0.25) is 0 Å². The zero-order valence-corrected chi connectivity index (χ0v) is 31.1. The van der Waals surface area contributed by atoms with E-state index in [1.165, 1.54) is 70.6 Å². The highest BCUT2D eigenvalue weighted by Crippen LogP contribution is 2.37. The van der Waals surface area contributed by atoms with E-state index in [1.54, 1.807) is 0 Å². The lowest BCUT2D eigenvalue weighted by Gasteiger charge is -2.44. The van der Waals surface area contributed by atoms with Crippen LogP contribution in [0.3, 0.4) is 0 Å². The maximum atomic E-state index is 12.8. The Kier molecular flexibility index (Phi) is 22.0. The molecule has 1 aliphatic heterocycles. The topological polar surface area (TPSA) is 112 Å².